The van der Waals surface area contributed by atoms with E-state index in [0.717, 1.165) is 12.1 Å². The van der Waals surface area contributed by atoms with Crippen molar-refractivity contribution < 1.29 is 30.4 Å². The van der Waals surface area contributed by atoms with Crippen LogP contribution in [-0.2, 0) is 28.3 Å². The minimum absolute atomic E-state index is 0.0405. The normalized spacial score (nSPS) is 17.1. The summed E-state index contributed by atoms with van der Waals surface area (Å²) in [7, 11) is -4.30. The molecule has 0 unspecified atom stereocenters. The Hall–Kier alpha value is -2.64. The van der Waals surface area contributed by atoms with E-state index in [4.69, 9.17) is 0 Å². The molecule has 4 rings (SSSR count). The van der Waals surface area contributed by atoms with Gasteiger partial charge in [-0.05, 0) is 31.5 Å². The summed E-state index contributed by atoms with van der Waals surface area (Å²) >= 11 is 1.18. The summed E-state index contributed by atoms with van der Waals surface area (Å²) in [4.78, 5) is 8.43. The van der Waals surface area contributed by atoms with E-state index in [1.54, 1.807) is 0 Å². The van der Waals surface area contributed by atoms with E-state index in [9.17, 15) is 26.0 Å². The number of nitrogens with one attached hydrogen (secondary N) is 1. The number of sulfone groups is 1. The number of benzene rings is 1. The van der Waals surface area contributed by atoms with Gasteiger partial charge in [0.1, 0.15) is 22.2 Å². The van der Waals surface area contributed by atoms with Crippen molar-refractivity contribution in [1.82, 2.24) is 14.9 Å². The van der Waals surface area contributed by atoms with Crippen LogP contribution in [0, 0.1) is 18.6 Å². The SMILES string of the molecule is Cc1c(N[C@H]2CCN(Cc3cccc(C(F)(F)F)n3)C2)cc(F)c(S(=O)(=O)Cc2cscn2)c1F. The van der Waals surface area contributed by atoms with Crippen molar-refractivity contribution in [2.75, 3.05) is 18.4 Å². The highest BCUT2D eigenvalue weighted by molar-refractivity contribution is 7.90. The van der Waals surface area contributed by atoms with Gasteiger partial charge in [-0.2, -0.15) is 13.2 Å². The molecule has 13 heteroatoms. The molecule has 0 spiro atoms. The molecule has 1 atom stereocenters. The molecule has 1 N–H and O–H groups in total. The predicted octanol–water partition coefficient (Wildman–Crippen LogP) is 4.80. The Labute approximate surface area is 202 Å². The summed E-state index contributed by atoms with van der Waals surface area (Å²) in [5.41, 5.74) is 1.02. The molecule has 188 valence electrons. The lowest BCUT2D eigenvalue weighted by Crippen LogP contribution is -2.27. The fraction of sp³-hybridized carbons (Fsp3) is 0.364. The second-order valence-corrected chi connectivity index (χ2v) is 10.9. The molecule has 3 aromatic rings. The molecule has 3 heterocycles. The van der Waals surface area contributed by atoms with Crippen LogP contribution in [0.25, 0.3) is 0 Å². The van der Waals surface area contributed by atoms with Gasteiger partial charge < -0.3 is 5.32 Å². The molecule has 0 bridgehead atoms. The summed E-state index contributed by atoms with van der Waals surface area (Å²) < 4.78 is 93.8. The van der Waals surface area contributed by atoms with E-state index >= 15 is 4.39 Å². The molecule has 0 amide bonds. The first-order valence-corrected chi connectivity index (χ1v) is 13.1. The number of alkyl halides is 3. The van der Waals surface area contributed by atoms with Crippen LogP contribution in [0.2, 0.25) is 0 Å². The zero-order chi connectivity index (χ0) is 25.4. The average molecular weight is 533 g/mol. The topological polar surface area (TPSA) is 75.2 Å². The number of nitrogens with zero attached hydrogens (tertiary/aromatic N) is 3. The molecular formula is C22H21F5N4O2S2. The van der Waals surface area contributed by atoms with E-state index in [-0.39, 0.29) is 35.2 Å². The van der Waals surface area contributed by atoms with Crippen LogP contribution in [-0.4, -0.2) is 42.4 Å². The third-order valence-electron chi connectivity index (χ3n) is 5.67. The van der Waals surface area contributed by atoms with Gasteiger partial charge in [-0.15, -0.1) is 11.3 Å². The first-order valence-electron chi connectivity index (χ1n) is 10.5. The first-order chi connectivity index (χ1) is 16.4. The highest BCUT2D eigenvalue weighted by Gasteiger charge is 2.33. The number of halogens is 5. The maximum absolute atomic E-state index is 15.0. The largest absolute Gasteiger partial charge is 0.433 e. The van der Waals surface area contributed by atoms with Crippen molar-refractivity contribution in [3.05, 3.63) is 69.4 Å². The van der Waals surface area contributed by atoms with Gasteiger partial charge in [-0.1, -0.05) is 6.07 Å². The molecular weight excluding hydrogens is 511 g/mol. The summed E-state index contributed by atoms with van der Waals surface area (Å²) in [6.07, 6.45) is -3.96. The van der Waals surface area contributed by atoms with Gasteiger partial charge in [0, 0.05) is 42.3 Å². The fourth-order valence-corrected chi connectivity index (χ4v) is 6.11. The summed E-state index contributed by atoms with van der Waals surface area (Å²) in [6, 6.07) is 4.44. The number of aromatic nitrogens is 2. The van der Waals surface area contributed by atoms with Crippen molar-refractivity contribution in [3.8, 4) is 0 Å². The number of anilines is 1. The van der Waals surface area contributed by atoms with Crippen LogP contribution in [0.1, 0.15) is 29.1 Å². The van der Waals surface area contributed by atoms with Gasteiger partial charge in [-0.25, -0.2) is 27.2 Å². The van der Waals surface area contributed by atoms with Crippen LogP contribution in [0.3, 0.4) is 0 Å². The first kappa shape index (κ1) is 25.5. The average Bonchev–Trinajstić information content (AvgIpc) is 3.43. The van der Waals surface area contributed by atoms with Crippen LogP contribution in [0.4, 0.5) is 27.6 Å². The van der Waals surface area contributed by atoms with Crippen LogP contribution < -0.4 is 5.32 Å². The molecule has 1 aliphatic rings. The molecule has 35 heavy (non-hydrogen) atoms. The Morgan fingerprint density at radius 2 is 2.00 bits per heavy atom. The monoisotopic (exact) mass is 532 g/mol. The van der Waals surface area contributed by atoms with E-state index in [0.29, 0.717) is 19.5 Å². The summed E-state index contributed by atoms with van der Waals surface area (Å²) in [5.74, 6) is -2.97. The lowest BCUT2D eigenvalue weighted by Gasteiger charge is -2.20. The highest BCUT2D eigenvalue weighted by Crippen LogP contribution is 2.32. The van der Waals surface area contributed by atoms with Crippen molar-refractivity contribution in [2.24, 2.45) is 0 Å². The second-order valence-electron chi connectivity index (χ2n) is 8.29. The molecule has 0 radical (unpaired) electrons. The van der Waals surface area contributed by atoms with E-state index in [2.05, 4.69) is 15.3 Å². The molecule has 1 aromatic carbocycles. The van der Waals surface area contributed by atoms with E-state index in [1.807, 2.05) is 4.90 Å². The standard InChI is InChI=1S/C22H21F5N4O2S2/c1-13-18(7-17(23)21(20(13)24)35(32,33)11-16-10-34-12-28-16)29-15-5-6-31(9-15)8-14-3-2-4-19(30-14)22(25,26)27/h2-4,7,10,12,15,29H,5-6,8-9,11H2,1H3/t15-/m0/s1. The molecule has 1 aliphatic heterocycles. The molecule has 1 fully saturated rings. The Morgan fingerprint density at radius 1 is 1.23 bits per heavy atom. The Bertz CT molecular complexity index is 1310. The number of likely N-dealkylation sites (tertiary alicyclic amines) is 1. The maximum Gasteiger partial charge on any atom is 0.433 e. The van der Waals surface area contributed by atoms with E-state index in [1.165, 1.54) is 41.3 Å². The van der Waals surface area contributed by atoms with Crippen molar-refractivity contribution >= 4 is 26.9 Å². The Morgan fingerprint density at radius 3 is 2.69 bits per heavy atom. The zero-order valence-corrected chi connectivity index (χ0v) is 20.1. The molecule has 2 aromatic heterocycles. The Balaban J connectivity index is 1.46. The van der Waals surface area contributed by atoms with Crippen LogP contribution in [0.15, 0.2) is 40.1 Å². The molecule has 6 nitrogen and oxygen atoms in total. The zero-order valence-electron chi connectivity index (χ0n) is 18.4. The minimum Gasteiger partial charge on any atom is -0.381 e. The quantitative estimate of drug-likeness (QED) is 0.441. The smallest absolute Gasteiger partial charge is 0.381 e. The maximum atomic E-state index is 15.0. The third kappa shape index (κ3) is 5.78. The van der Waals surface area contributed by atoms with Crippen LogP contribution in [0.5, 0.6) is 0 Å². The van der Waals surface area contributed by atoms with Gasteiger partial charge in [0.15, 0.2) is 9.84 Å². The number of pyridine rings is 1. The number of rotatable bonds is 7. The number of hydrogen-bond acceptors (Lipinski definition) is 7. The Kier molecular flexibility index (Phi) is 7.11. The lowest BCUT2D eigenvalue weighted by atomic mass is 10.1. The summed E-state index contributed by atoms with van der Waals surface area (Å²) in [6.45, 7) is 2.50. The fourth-order valence-electron chi connectivity index (χ4n) is 3.97. The van der Waals surface area contributed by atoms with Crippen LogP contribution >= 0.6 is 11.3 Å². The third-order valence-corrected chi connectivity index (χ3v) is 7.98. The highest BCUT2D eigenvalue weighted by atomic mass is 32.2. The lowest BCUT2D eigenvalue weighted by molar-refractivity contribution is -0.141. The second kappa shape index (κ2) is 9.78. The van der Waals surface area contributed by atoms with Crippen molar-refractivity contribution in [3.63, 3.8) is 0 Å². The summed E-state index contributed by atoms with van der Waals surface area (Å²) in [5, 5.41) is 4.54. The number of thiazole rings is 1. The van der Waals surface area contributed by atoms with Crippen molar-refractivity contribution in [1.29, 1.82) is 0 Å². The van der Waals surface area contributed by atoms with Gasteiger partial charge in [0.2, 0.25) is 0 Å². The van der Waals surface area contributed by atoms with Gasteiger partial charge in [-0.3, -0.25) is 4.90 Å². The molecule has 1 saturated heterocycles. The van der Waals surface area contributed by atoms with Crippen molar-refractivity contribution in [2.45, 2.75) is 42.8 Å². The number of hydrogen-bond donors (Lipinski definition) is 1. The van der Waals surface area contributed by atoms with Gasteiger partial charge >= 0.3 is 6.18 Å². The molecule has 0 aliphatic carbocycles. The minimum atomic E-state index is -4.53. The van der Waals surface area contributed by atoms with Gasteiger partial charge in [0.25, 0.3) is 0 Å². The molecule has 0 saturated carbocycles. The predicted molar refractivity (Wildman–Crippen MR) is 121 cm³/mol. The van der Waals surface area contributed by atoms with Gasteiger partial charge in [0.05, 0.1) is 22.7 Å². The van der Waals surface area contributed by atoms with E-state index < -0.39 is 44.0 Å².